The number of aliphatic carboxylic acids is 1. The van der Waals surface area contributed by atoms with Crippen molar-refractivity contribution in [2.24, 2.45) is 11.8 Å². The van der Waals surface area contributed by atoms with Gasteiger partial charge >= 0.3 is 12.0 Å². The van der Waals surface area contributed by atoms with Crippen molar-refractivity contribution in [2.75, 3.05) is 7.05 Å². The lowest BCUT2D eigenvalue weighted by Crippen LogP contribution is -2.58. The highest BCUT2D eigenvalue weighted by Gasteiger charge is 2.49. The molecule has 5 nitrogen and oxygen atoms in total. The van der Waals surface area contributed by atoms with Gasteiger partial charge in [0, 0.05) is 13.1 Å². The number of carboxylic acid groups (broad SMARTS) is 1. The van der Waals surface area contributed by atoms with Crippen LogP contribution < -0.4 is 5.32 Å². The molecule has 2 amide bonds. The minimum Gasteiger partial charge on any atom is -0.480 e. The summed E-state index contributed by atoms with van der Waals surface area (Å²) in [6, 6.07) is -0.00944. The molecule has 5 heteroatoms. The van der Waals surface area contributed by atoms with Gasteiger partial charge in [-0.15, -0.1) is 0 Å². The Morgan fingerprint density at radius 3 is 2.15 bits per heavy atom. The SMILES string of the molecule is CC1CCC(N(C)C(=O)NC(C)(C(=O)O)C2CC2)CC1. The molecule has 0 aromatic carbocycles. The fourth-order valence-electron chi connectivity index (χ4n) is 3.10. The molecular formula is C15H26N2O3. The van der Waals surface area contributed by atoms with Crippen molar-refractivity contribution in [2.45, 2.75) is 64.0 Å². The van der Waals surface area contributed by atoms with Crippen LogP contribution in [0.5, 0.6) is 0 Å². The summed E-state index contributed by atoms with van der Waals surface area (Å²) in [4.78, 5) is 25.5. The first-order chi connectivity index (χ1) is 9.34. The third kappa shape index (κ3) is 3.07. The van der Waals surface area contributed by atoms with Crippen LogP contribution in [-0.4, -0.2) is 40.6 Å². The van der Waals surface area contributed by atoms with Gasteiger partial charge in [0.1, 0.15) is 5.54 Å². The Hall–Kier alpha value is -1.26. The van der Waals surface area contributed by atoms with E-state index in [1.807, 2.05) is 0 Å². The number of rotatable bonds is 4. The molecule has 0 heterocycles. The minimum atomic E-state index is -1.12. The molecule has 0 saturated heterocycles. The number of carboxylic acids is 1. The van der Waals surface area contributed by atoms with Crippen molar-refractivity contribution in [1.82, 2.24) is 10.2 Å². The monoisotopic (exact) mass is 282 g/mol. The molecule has 1 atom stereocenters. The minimum absolute atomic E-state index is 0.0729. The summed E-state index contributed by atoms with van der Waals surface area (Å²) in [6.07, 6.45) is 6.07. The first-order valence-corrected chi connectivity index (χ1v) is 7.63. The lowest BCUT2D eigenvalue weighted by molar-refractivity contribution is -0.144. The fraction of sp³-hybridized carbons (Fsp3) is 0.867. The zero-order valence-corrected chi connectivity index (χ0v) is 12.7. The van der Waals surface area contributed by atoms with Crippen molar-refractivity contribution in [3.8, 4) is 0 Å². The second kappa shape index (κ2) is 5.62. The normalized spacial score (nSPS) is 29.4. The molecule has 0 radical (unpaired) electrons. The standard InChI is InChI=1S/C15H26N2O3/c1-10-4-8-12(9-5-10)17(3)14(20)16-15(2,13(18)19)11-6-7-11/h10-12H,4-9H2,1-3H3,(H,16,20)(H,18,19). The van der Waals surface area contributed by atoms with Gasteiger partial charge in [0.15, 0.2) is 0 Å². The number of hydrogen-bond donors (Lipinski definition) is 2. The van der Waals surface area contributed by atoms with E-state index in [4.69, 9.17) is 0 Å². The van der Waals surface area contributed by atoms with Gasteiger partial charge in [0.05, 0.1) is 0 Å². The van der Waals surface area contributed by atoms with Crippen LogP contribution in [0, 0.1) is 11.8 Å². The fourth-order valence-corrected chi connectivity index (χ4v) is 3.10. The quantitative estimate of drug-likeness (QED) is 0.832. The van der Waals surface area contributed by atoms with Crippen molar-refractivity contribution in [3.63, 3.8) is 0 Å². The summed E-state index contributed by atoms with van der Waals surface area (Å²) >= 11 is 0. The first-order valence-electron chi connectivity index (χ1n) is 7.63. The number of amides is 2. The zero-order valence-electron chi connectivity index (χ0n) is 12.7. The lowest BCUT2D eigenvalue weighted by atomic mass is 9.87. The number of carbonyl (C=O) groups excluding carboxylic acids is 1. The molecule has 2 saturated carbocycles. The highest BCUT2D eigenvalue weighted by molar-refractivity contribution is 5.86. The zero-order chi connectivity index (χ0) is 14.9. The average molecular weight is 282 g/mol. The van der Waals surface area contributed by atoms with Crippen molar-refractivity contribution < 1.29 is 14.7 Å². The predicted molar refractivity (Wildman–Crippen MR) is 76.5 cm³/mol. The first kappa shape index (κ1) is 15.1. The summed E-state index contributed by atoms with van der Waals surface area (Å²) < 4.78 is 0. The van der Waals surface area contributed by atoms with E-state index >= 15 is 0 Å². The maximum atomic E-state index is 12.3. The van der Waals surface area contributed by atoms with E-state index in [1.165, 1.54) is 0 Å². The predicted octanol–water partition coefficient (Wildman–Crippen LogP) is 2.46. The Labute approximate surface area is 120 Å². The van der Waals surface area contributed by atoms with Crippen LogP contribution in [0.2, 0.25) is 0 Å². The van der Waals surface area contributed by atoms with Crippen molar-refractivity contribution in [3.05, 3.63) is 0 Å². The molecule has 114 valence electrons. The Bertz CT molecular complexity index is 387. The third-order valence-corrected chi connectivity index (χ3v) is 5.06. The van der Waals surface area contributed by atoms with Crippen LogP contribution in [0.15, 0.2) is 0 Å². The highest BCUT2D eigenvalue weighted by atomic mass is 16.4. The van der Waals surface area contributed by atoms with E-state index in [0.29, 0.717) is 0 Å². The van der Waals surface area contributed by atoms with Crippen LogP contribution >= 0.6 is 0 Å². The van der Waals surface area contributed by atoms with Gasteiger partial charge in [-0.05, 0) is 57.3 Å². The lowest BCUT2D eigenvalue weighted by Gasteiger charge is -2.36. The molecule has 2 rings (SSSR count). The van der Waals surface area contributed by atoms with E-state index in [-0.39, 0.29) is 18.0 Å². The third-order valence-electron chi connectivity index (χ3n) is 5.06. The van der Waals surface area contributed by atoms with Gasteiger partial charge in [-0.25, -0.2) is 9.59 Å². The largest absolute Gasteiger partial charge is 0.480 e. The van der Waals surface area contributed by atoms with Gasteiger partial charge in [-0.3, -0.25) is 0 Å². The Balaban J connectivity index is 1.94. The summed E-state index contributed by atoms with van der Waals surface area (Å²) in [5.74, 6) is -0.124. The summed E-state index contributed by atoms with van der Waals surface area (Å²) in [7, 11) is 1.78. The molecule has 0 aliphatic heterocycles. The second-order valence-corrected chi connectivity index (χ2v) is 6.74. The second-order valence-electron chi connectivity index (χ2n) is 6.74. The number of carbonyl (C=O) groups is 2. The number of nitrogens with one attached hydrogen (secondary N) is 1. The van der Waals surface area contributed by atoms with Gasteiger partial charge in [-0.2, -0.15) is 0 Å². The molecule has 2 aliphatic carbocycles. The summed E-state index contributed by atoms with van der Waals surface area (Å²) in [5.41, 5.74) is -1.12. The smallest absolute Gasteiger partial charge is 0.329 e. The summed E-state index contributed by atoms with van der Waals surface area (Å²) in [6.45, 7) is 3.87. The maximum absolute atomic E-state index is 12.3. The molecule has 2 N–H and O–H groups in total. The van der Waals surface area contributed by atoms with Crippen LogP contribution in [0.25, 0.3) is 0 Å². The number of urea groups is 1. The molecule has 2 fully saturated rings. The molecule has 1 unspecified atom stereocenters. The van der Waals surface area contributed by atoms with Crippen molar-refractivity contribution in [1.29, 1.82) is 0 Å². The Kier molecular flexibility index (Phi) is 4.25. The summed E-state index contributed by atoms with van der Waals surface area (Å²) in [5, 5.41) is 12.1. The van der Waals surface area contributed by atoms with Crippen LogP contribution in [0.3, 0.4) is 0 Å². The van der Waals surface area contributed by atoms with E-state index in [9.17, 15) is 14.7 Å². The molecule has 0 aromatic heterocycles. The van der Waals surface area contributed by atoms with Gasteiger partial charge in [0.2, 0.25) is 0 Å². The van der Waals surface area contributed by atoms with E-state index in [0.717, 1.165) is 44.4 Å². The van der Waals surface area contributed by atoms with E-state index in [1.54, 1.807) is 18.9 Å². The number of nitrogens with zero attached hydrogens (tertiary/aromatic N) is 1. The molecule has 0 spiro atoms. The molecule has 0 bridgehead atoms. The van der Waals surface area contributed by atoms with Crippen LogP contribution in [-0.2, 0) is 4.79 Å². The van der Waals surface area contributed by atoms with Crippen molar-refractivity contribution >= 4 is 12.0 Å². The van der Waals surface area contributed by atoms with Gasteiger partial charge in [0.25, 0.3) is 0 Å². The molecular weight excluding hydrogens is 256 g/mol. The van der Waals surface area contributed by atoms with Crippen LogP contribution in [0.4, 0.5) is 4.79 Å². The molecule has 2 aliphatic rings. The topological polar surface area (TPSA) is 69.6 Å². The molecule has 0 aromatic rings. The highest BCUT2D eigenvalue weighted by Crippen LogP contribution is 2.40. The van der Waals surface area contributed by atoms with Gasteiger partial charge in [-0.1, -0.05) is 6.92 Å². The number of hydrogen-bond acceptors (Lipinski definition) is 2. The van der Waals surface area contributed by atoms with E-state index in [2.05, 4.69) is 12.2 Å². The Morgan fingerprint density at radius 1 is 1.15 bits per heavy atom. The molecule has 20 heavy (non-hydrogen) atoms. The van der Waals surface area contributed by atoms with Crippen LogP contribution in [0.1, 0.15) is 52.4 Å². The van der Waals surface area contributed by atoms with Gasteiger partial charge < -0.3 is 15.3 Å². The maximum Gasteiger partial charge on any atom is 0.329 e. The Morgan fingerprint density at radius 2 is 1.70 bits per heavy atom. The average Bonchev–Trinajstić information content (AvgIpc) is 3.23. The van der Waals surface area contributed by atoms with E-state index < -0.39 is 11.5 Å².